The van der Waals surface area contributed by atoms with Crippen LogP contribution < -0.4 is 5.32 Å². The Balaban J connectivity index is 1.34. The molecule has 0 aliphatic heterocycles. The molecule has 1 aromatic heterocycles. The van der Waals surface area contributed by atoms with Crippen molar-refractivity contribution in [2.75, 3.05) is 6.54 Å². The van der Waals surface area contributed by atoms with Gasteiger partial charge in [-0.15, -0.1) is 10.2 Å². The van der Waals surface area contributed by atoms with E-state index in [0.29, 0.717) is 11.8 Å². The lowest BCUT2D eigenvalue weighted by atomic mass is 10.1. The Morgan fingerprint density at radius 2 is 1.95 bits per heavy atom. The fraction of sp³-hybridized carbons (Fsp3) is 0.500. The molecule has 1 N–H and O–H groups in total. The molecule has 2 fully saturated rings. The van der Waals surface area contributed by atoms with Crippen molar-refractivity contribution in [1.29, 1.82) is 0 Å². The molecule has 0 radical (unpaired) electrons. The molecule has 2 aliphatic rings. The highest BCUT2D eigenvalue weighted by molar-refractivity contribution is 5.30. The Bertz CT molecular complexity index is 576. The number of aromatic nitrogens is 2. The van der Waals surface area contributed by atoms with Crippen LogP contribution in [0.1, 0.15) is 48.4 Å². The first-order valence-corrected chi connectivity index (χ1v) is 7.51. The van der Waals surface area contributed by atoms with E-state index >= 15 is 0 Å². The van der Waals surface area contributed by atoms with E-state index in [1.165, 1.54) is 18.4 Å². The second kappa shape index (κ2) is 5.02. The van der Waals surface area contributed by atoms with Crippen molar-refractivity contribution in [2.24, 2.45) is 0 Å². The molecule has 2 aromatic rings. The second-order valence-corrected chi connectivity index (χ2v) is 5.87. The second-order valence-electron chi connectivity index (χ2n) is 5.87. The third-order valence-electron chi connectivity index (χ3n) is 4.17. The van der Waals surface area contributed by atoms with E-state index in [1.54, 1.807) is 0 Å². The summed E-state index contributed by atoms with van der Waals surface area (Å²) in [6, 6.07) is 11.3. The number of nitrogens with zero attached hydrogens (tertiary/aromatic N) is 2. The van der Waals surface area contributed by atoms with Crippen LogP contribution in [0.2, 0.25) is 0 Å². The summed E-state index contributed by atoms with van der Waals surface area (Å²) in [6.45, 7) is 0.944. The maximum absolute atomic E-state index is 5.80. The minimum absolute atomic E-state index is 0.426. The van der Waals surface area contributed by atoms with Gasteiger partial charge in [-0.25, -0.2) is 0 Å². The zero-order valence-electron chi connectivity index (χ0n) is 11.5. The summed E-state index contributed by atoms with van der Waals surface area (Å²) in [4.78, 5) is 0. The van der Waals surface area contributed by atoms with Gasteiger partial charge in [0.25, 0.3) is 0 Å². The number of hydrogen-bond donors (Lipinski definition) is 1. The highest BCUT2D eigenvalue weighted by Gasteiger charge is 2.43. The smallest absolute Gasteiger partial charge is 0.220 e. The first kappa shape index (κ1) is 12.1. The minimum Gasteiger partial charge on any atom is -0.425 e. The Kier molecular flexibility index (Phi) is 3.03. The van der Waals surface area contributed by atoms with Crippen molar-refractivity contribution in [3.05, 3.63) is 47.7 Å². The monoisotopic (exact) mass is 269 g/mol. The molecule has 2 atom stereocenters. The predicted octanol–water partition coefficient (Wildman–Crippen LogP) is 2.64. The van der Waals surface area contributed by atoms with Gasteiger partial charge >= 0.3 is 0 Å². The fourth-order valence-corrected chi connectivity index (χ4v) is 2.72. The molecule has 0 spiro atoms. The zero-order chi connectivity index (χ0) is 13.4. The zero-order valence-corrected chi connectivity index (χ0v) is 11.5. The maximum Gasteiger partial charge on any atom is 0.220 e. The van der Waals surface area contributed by atoms with Crippen LogP contribution in [0, 0.1) is 0 Å². The first-order chi connectivity index (χ1) is 9.90. The van der Waals surface area contributed by atoms with Gasteiger partial charge in [-0.3, -0.25) is 0 Å². The van der Waals surface area contributed by atoms with E-state index in [-0.39, 0.29) is 0 Å². The molecule has 20 heavy (non-hydrogen) atoms. The van der Waals surface area contributed by atoms with Gasteiger partial charge in [0.2, 0.25) is 11.8 Å². The molecular formula is C16H19N3O. The lowest BCUT2D eigenvalue weighted by Gasteiger charge is -1.98. The molecule has 2 unspecified atom stereocenters. The summed E-state index contributed by atoms with van der Waals surface area (Å²) < 4.78 is 5.80. The average Bonchev–Trinajstić information content (AvgIpc) is 3.40. The van der Waals surface area contributed by atoms with Gasteiger partial charge in [-0.05, 0) is 30.7 Å². The summed E-state index contributed by atoms with van der Waals surface area (Å²) in [6.07, 6.45) is 4.60. The van der Waals surface area contributed by atoms with Crippen molar-refractivity contribution in [3.8, 4) is 0 Å². The van der Waals surface area contributed by atoms with Gasteiger partial charge in [0.1, 0.15) is 0 Å². The van der Waals surface area contributed by atoms with Crippen LogP contribution >= 0.6 is 0 Å². The number of rotatable bonds is 6. The van der Waals surface area contributed by atoms with Gasteiger partial charge in [0.15, 0.2) is 0 Å². The van der Waals surface area contributed by atoms with Crippen molar-refractivity contribution in [1.82, 2.24) is 15.5 Å². The van der Waals surface area contributed by atoms with E-state index in [2.05, 4.69) is 45.8 Å². The molecule has 1 aromatic carbocycles. The van der Waals surface area contributed by atoms with Crippen molar-refractivity contribution in [3.63, 3.8) is 0 Å². The number of hydrogen-bond acceptors (Lipinski definition) is 4. The Hall–Kier alpha value is -1.68. The normalized spacial score (nSPS) is 24.8. The highest BCUT2D eigenvalue weighted by atomic mass is 16.4. The quantitative estimate of drug-likeness (QED) is 0.876. The summed E-state index contributed by atoms with van der Waals surface area (Å²) >= 11 is 0. The van der Waals surface area contributed by atoms with Crippen LogP contribution in [-0.4, -0.2) is 22.8 Å². The maximum atomic E-state index is 5.80. The Labute approximate surface area is 118 Å². The number of benzene rings is 1. The van der Waals surface area contributed by atoms with Gasteiger partial charge in [-0.1, -0.05) is 30.3 Å². The standard InChI is InChI=1S/C16H19N3O/c1-2-4-11(5-3-1)13-10-14(13)16-19-18-15(20-16)8-9-17-12-6-7-12/h1-5,12-14,17H,6-10H2. The molecule has 0 saturated heterocycles. The largest absolute Gasteiger partial charge is 0.425 e. The van der Waals surface area contributed by atoms with Gasteiger partial charge in [0, 0.05) is 24.9 Å². The Morgan fingerprint density at radius 1 is 1.10 bits per heavy atom. The lowest BCUT2D eigenvalue weighted by molar-refractivity contribution is 0.443. The average molecular weight is 269 g/mol. The summed E-state index contributed by atoms with van der Waals surface area (Å²) in [5, 5.41) is 11.9. The molecular weight excluding hydrogens is 250 g/mol. The Morgan fingerprint density at radius 3 is 2.75 bits per heavy atom. The van der Waals surface area contributed by atoms with E-state index in [9.17, 15) is 0 Å². The van der Waals surface area contributed by atoms with Crippen LogP contribution in [0.3, 0.4) is 0 Å². The van der Waals surface area contributed by atoms with Crippen LogP contribution in [-0.2, 0) is 6.42 Å². The molecule has 2 aliphatic carbocycles. The molecule has 2 saturated carbocycles. The van der Waals surface area contributed by atoms with Crippen molar-refractivity contribution < 1.29 is 4.42 Å². The molecule has 4 heteroatoms. The van der Waals surface area contributed by atoms with E-state index in [0.717, 1.165) is 37.2 Å². The predicted molar refractivity (Wildman–Crippen MR) is 75.6 cm³/mol. The molecule has 4 nitrogen and oxygen atoms in total. The van der Waals surface area contributed by atoms with E-state index in [1.807, 2.05) is 0 Å². The van der Waals surface area contributed by atoms with Crippen LogP contribution in [0.15, 0.2) is 34.7 Å². The fourth-order valence-electron chi connectivity index (χ4n) is 2.72. The van der Waals surface area contributed by atoms with Gasteiger partial charge < -0.3 is 9.73 Å². The van der Waals surface area contributed by atoms with E-state index < -0.39 is 0 Å². The summed E-state index contributed by atoms with van der Waals surface area (Å²) in [7, 11) is 0. The van der Waals surface area contributed by atoms with Crippen molar-refractivity contribution >= 4 is 0 Å². The molecule has 0 bridgehead atoms. The SMILES string of the molecule is c1ccc(C2CC2c2nnc(CCNC3CC3)o2)cc1. The first-order valence-electron chi connectivity index (χ1n) is 7.51. The topological polar surface area (TPSA) is 51.0 Å². The van der Waals surface area contributed by atoms with Crippen LogP contribution in [0.5, 0.6) is 0 Å². The third-order valence-corrected chi connectivity index (χ3v) is 4.17. The van der Waals surface area contributed by atoms with Gasteiger partial charge in [-0.2, -0.15) is 0 Å². The highest BCUT2D eigenvalue weighted by Crippen LogP contribution is 2.53. The molecule has 4 rings (SSSR count). The molecule has 0 amide bonds. The van der Waals surface area contributed by atoms with E-state index in [4.69, 9.17) is 4.42 Å². The summed E-state index contributed by atoms with van der Waals surface area (Å²) in [5.41, 5.74) is 1.38. The summed E-state index contributed by atoms with van der Waals surface area (Å²) in [5.74, 6) is 2.58. The molecule has 1 heterocycles. The number of nitrogens with one attached hydrogen (secondary N) is 1. The van der Waals surface area contributed by atoms with Crippen molar-refractivity contribution in [2.45, 2.75) is 43.6 Å². The third kappa shape index (κ3) is 2.61. The lowest BCUT2D eigenvalue weighted by Crippen LogP contribution is -2.19. The minimum atomic E-state index is 0.426. The van der Waals surface area contributed by atoms with Gasteiger partial charge in [0.05, 0.1) is 0 Å². The van der Waals surface area contributed by atoms with Crippen LogP contribution in [0.4, 0.5) is 0 Å². The molecule has 104 valence electrons. The van der Waals surface area contributed by atoms with Crippen LogP contribution in [0.25, 0.3) is 0 Å².